The quantitative estimate of drug-likeness (QED) is 0.662. The maximum Gasteiger partial charge on any atom is 0.291 e. The first-order valence-electron chi connectivity index (χ1n) is 10.4. The first-order chi connectivity index (χ1) is 15.1. The van der Waals surface area contributed by atoms with Crippen molar-refractivity contribution in [3.63, 3.8) is 0 Å². The van der Waals surface area contributed by atoms with Crippen LogP contribution in [0, 0.1) is 11.7 Å². The van der Waals surface area contributed by atoms with Gasteiger partial charge in [0, 0.05) is 25.0 Å². The maximum absolute atomic E-state index is 13.8. The molecule has 2 amide bonds. The highest BCUT2D eigenvalue weighted by atomic mass is 32.1. The third-order valence-electron chi connectivity index (χ3n) is 5.67. The summed E-state index contributed by atoms with van der Waals surface area (Å²) in [5.41, 5.74) is 0.502. The molecule has 3 aromatic rings. The number of likely N-dealkylation sites (tertiary alicyclic amines) is 1. The number of piperidine rings is 1. The average Bonchev–Trinajstić information content (AvgIpc) is 3.30. The highest BCUT2D eigenvalue weighted by molar-refractivity contribution is 7.13. The molecule has 1 aliphatic heterocycles. The van der Waals surface area contributed by atoms with E-state index in [1.165, 1.54) is 28.2 Å². The zero-order chi connectivity index (χ0) is 21.4. The smallest absolute Gasteiger partial charge is 0.291 e. The third-order valence-corrected chi connectivity index (χ3v) is 6.54. The van der Waals surface area contributed by atoms with Gasteiger partial charge >= 0.3 is 0 Å². The van der Waals surface area contributed by atoms with Crippen LogP contribution in [0.5, 0.6) is 0 Å². The summed E-state index contributed by atoms with van der Waals surface area (Å²) >= 11 is 1.47. The number of aromatic nitrogens is 3. The largest absolute Gasteiger partial charge is 0.346 e. The summed E-state index contributed by atoms with van der Waals surface area (Å²) in [6, 6.07) is 9.80. The SMILES string of the molecule is O=C(NC1CCN(C(=O)C2CC2)CC1)c1nc(-c2cccs2)n(-c2cccc(F)c2)n1. The molecule has 1 saturated heterocycles. The van der Waals surface area contributed by atoms with Crippen molar-refractivity contribution in [3.8, 4) is 16.4 Å². The second kappa shape index (κ2) is 8.22. The maximum atomic E-state index is 13.8. The number of hydrogen-bond acceptors (Lipinski definition) is 5. The van der Waals surface area contributed by atoms with Crippen molar-refractivity contribution in [1.82, 2.24) is 25.0 Å². The number of rotatable bonds is 5. The minimum absolute atomic E-state index is 0.0259. The number of nitrogens with zero attached hydrogens (tertiary/aromatic N) is 4. The molecule has 0 spiro atoms. The minimum atomic E-state index is -0.386. The Labute approximate surface area is 182 Å². The number of benzene rings is 1. The van der Waals surface area contributed by atoms with E-state index in [0.29, 0.717) is 37.4 Å². The van der Waals surface area contributed by atoms with Crippen molar-refractivity contribution in [3.05, 3.63) is 53.4 Å². The molecular weight excluding hydrogens is 417 g/mol. The van der Waals surface area contributed by atoms with Gasteiger partial charge in [-0.1, -0.05) is 12.1 Å². The fourth-order valence-electron chi connectivity index (χ4n) is 3.84. The van der Waals surface area contributed by atoms with Crippen LogP contribution in [0.1, 0.15) is 36.3 Å². The van der Waals surface area contributed by atoms with Crippen LogP contribution in [0.4, 0.5) is 4.39 Å². The molecule has 1 aliphatic carbocycles. The number of halogens is 1. The molecule has 2 aliphatic rings. The number of carbonyl (C=O) groups excluding carboxylic acids is 2. The van der Waals surface area contributed by atoms with E-state index >= 15 is 0 Å². The zero-order valence-corrected chi connectivity index (χ0v) is 17.6. The topological polar surface area (TPSA) is 80.1 Å². The molecule has 1 N–H and O–H groups in total. The summed E-state index contributed by atoms with van der Waals surface area (Å²) in [5, 5.41) is 9.30. The Morgan fingerprint density at radius 3 is 2.58 bits per heavy atom. The van der Waals surface area contributed by atoms with Gasteiger partial charge in [-0.2, -0.15) is 0 Å². The van der Waals surface area contributed by atoms with Gasteiger partial charge in [0.1, 0.15) is 5.82 Å². The lowest BCUT2D eigenvalue weighted by atomic mass is 10.0. The van der Waals surface area contributed by atoms with E-state index in [-0.39, 0.29) is 35.4 Å². The lowest BCUT2D eigenvalue weighted by Crippen LogP contribution is -2.47. The number of amides is 2. The van der Waals surface area contributed by atoms with Crippen molar-refractivity contribution in [1.29, 1.82) is 0 Å². The molecule has 5 rings (SSSR count). The molecule has 3 heterocycles. The second-order valence-corrected chi connectivity index (χ2v) is 8.92. The molecule has 7 nitrogen and oxygen atoms in total. The van der Waals surface area contributed by atoms with Gasteiger partial charge in [-0.25, -0.2) is 14.1 Å². The van der Waals surface area contributed by atoms with Gasteiger partial charge in [0.25, 0.3) is 5.91 Å². The van der Waals surface area contributed by atoms with Gasteiger partial charge in [0.15, 0.2) is 5.82 Å². The van der Waals surface area contributed by atoms with Crippen LogP contribution < -0.4 is 5.32 Å². The van der Waals surface area contributed by atoms with Crippen LogP contribution in [0.25, 0.3) is 16.4 Å². The Morgan fingerprint density at radius 1 is 1.10 bits per heavy atom. The van der Waals surface area contributed by atoms with Crippen molar-refractivity contribution in [2.75, 3.05) is 13.1 Å². The fraction of sp³-hybridized carbons (Fsp3) is 0.364. The van der Waals surface area contributed by atoms with E-state index in [2.05, 4.69) is 15.4 Å². The molecule has 0 bridgehead atoms. The van der Waals surface area contributed by atoms with E-state index in [4.69, 9.17) is 0 Å². The van der Waals surface area contributed by atoms with Gasteiger partial charge in [-0.3, -0.25) is 9.59 Å². The summed E-state index contributed by atoms with van der Waals surface area (Å²) in [5.74, 6) is 0.266. The van der Waals surface area contributed by atoms with Crippen molar-refractivity contribution < 1.29 is 14.0 Å². The molecule has 2 fully saturated rings. The Morgan fingerprint density at radius 2 is 1.90 bits per heavy atom. The summed E-state index contributed by atoms with van der Waals surface area (Å²) in [6.45, 7) is 1.32. The number of hydrogen-bond donors (Lipinski definition) is 1. The predicted octanol–water partition coefficient (Wildman–Crippen LogP) is 3.27. The van der Waals surface area contributed by atoms with E-state index in [1.807, 2.05) is 22.4 Å². The van der Waals surface area contributed by atoms with Crippen LogP contribution in [-0.2, 0) is 4.79 Å². The monoisotopic (exact) mass is 439 g/mol. The molecular formula is C22H22FN5O2S. The summed E-state index contributed by atoms with van der Waals surface area (Å²) in [7, 11) is 0. The highest BCUT2D eigenvalue weighted by Crippen LogP contribution is 2.32. The van der Waals surface area contributed by atoms with Crippen molar-refractivity contribution in [2.24, 2.45) is 5.92 Å². The van der Waals surface area contributed by atoms with E-state index < -0.39 is 0 Å². The summed E-state index contributed by atoms with van der Waals surface area (Å²) < 4.78 is 15.3. The van der Waals surface area contributed by atoms with E-state index in [0.717, 1.165) is 17.7 Å². The molecule has 0 radical (unpaired) electrons. The van der Waals surface area contributed by atoms with Crippen LogP contribution in [0.3, 0.4) is 0 Å². The van der Waals surface area contributed by atoms with Crippen LogP contribution >= 0.6 is 11.3 Å². The molecule has 1 saturated carbocycles. The van der Waals surface area contributed by atoms with Gasteiger partial charge in [-0.15, -0.1) is 16.4 Å². The average molecular weight is 440 g/mol. The van der Waals surface area contributed by atoms with Gasteiger partial charge < -0.3 is 10.2 Å². The first-order valence-corrected chi connectivity index (χ1v) is 11.3. The number of thiophene rings is 1. The molecule has 160 valence electrons. The van der Waals surface area contributed by atoms with Crippen LogP contribution in [0.15, 0.2) is 41.8 Å². The Bertz CT molecular complexity index is 1100. The standard InChI is InChI=1S/C22H22FN5O2S/c23-15-3-1-4-17(13-15)28-20(18-5-2-12-31-18)25-19(26-28)21(29)24-16-8-10-27(11-9-16)22(30)14-6-7-14/h1-5,12-14,16H,6-11H2,(H,24,29). The minimum Gasteiger partial charge on any atom is -0.346 e. The van der Waals surface area contributed by atoms with E-state index in [1.54, 1.807) is 12.1 Å². The fourth-order valence-corrected chi connectivity index (χ4v) is 4.54. The normalized spacial score (nSPS) is 17.0. The molecule has 0 atom stereocenters. The Hall–Kier alpha value is -3.07. The zero-order valence-electron chi connectivity index (χ0n) is 16.8. The molecule has 0 unspecified atom stereocenters. The van der Waals surface area contributed by atoms with Crippen LogP contribution in [-0.4, -0.2) is 50.6 Å². The molecule has 31 heavy (non-hydrogen) atoms. The highest BCUT2D eigenvalue weighted by Gasteiger charge is 2.35. The summed E-state index contributed by atoms with van der Waals surface area (Å²) in [4.78, 5) is 32.3. The predicted molar refractivity (Wildman–Crippen MR) is 114 cm³/mol. The Kier molecular flexibility index (Phi) is 5.27. The molecule has 2 aromatic heterocycles. The first kappa shape index (κ1) is 19.9. The second-order valence-electron chi connectivity index (χ2n) is 7.98. The third kappa shape index (κ3) is 4.23. The van der Waals surface area contributed by atoms with Crippen molar-refractivity contribution >= 4 is 23.2 Å². The lowest BCUT2D eigenvalue weighted by Gasteiger charge is -2.32. The van der Waals surface area contributed by atoms with Crippen molar-refractivity contribution in [2.45, 2.75) is 31.7 Å². The lowest BCUT2D eigenvalue weighted by molar-refractivity contribution is -0.133. The number of nitrogens with one attached hydrogen (secondary N) is 1. The van der Waals surface area contributed by atoms with Crippen LogP contribution in [0.2, 0.25) is 0 Å². The summed E-state index contributed by atoms with van der Waals surface area (Å²) in [6.07, 6.45) is 3.43. The van der Waals surface area contributed by atoms with Gasteiger partial charge in [0.2, 0.25) is 11.7 Å². The number of carbonyl (C=O) groups is 2. The molecule has 1 aromatic carbocycles. The van der Waals surface area contributed by atoms with Gasteiger partial charge in [0.05, 0.1) is 10.6 Å². The van der Waals surface area contributed by atoms with Gasteiger partial charge in [-0.05, 0) is 55.3 Å². The van der Waals surface area contributed by atoms with E-state index in [9.17, 15) is 14.0 Å². The molecule has 9 heteroatoms. The Balaban J connectivity index is 1.32.